The number of aliphatic hydroxyl groups excluding tert-OH is 1. The molecule has 0 radical (unpaired) electrons. The predicted molar refractivity (Wildman–Crippen MR) is 146 cm³/mol. The van der Waals surface area contributed by atoms with Crippen molar-refractivity contribution in [1.29, 1.82) is 0 Å². The third-order valence-electron chi connectivity index (χ3n) is 5.96. The minimum Gasteiger partial charge on any atom is -0.491 e. The van der Waals surface area contributed by atoms with Crippen LogP contribution in [0.5, 0.6) is 5.75 Å². The number of nitrogens with zero attached hydrogens (tertiary/aromatic N) is 1. The number of rotatable bonds is 12. The van der Waals surface area contributed by atoms with E-state index in [1.165, 1.54) is 19.1 Å². The highest BCUT2D eigenvalue weighted by Gasteiger charge is 2.47. The quantitative estimate of drug-likeness (QED) is 0.140. The molecule has 228 valence electrons. The van der Waals surface area contributed by atoms with E-state index in [1.54, 1.807) is 24.3 Å². The molecule has 42 heavy (non-hydrogen) atoms. The number of para-hydroxylation sites is 1. The number of nitro benzene ring substituents is 1. The number of dihydropyridines is 1. The lowest BCUT2D eigenvalue weighted by molar-refractivity contribution is -0.384. The number of carbonyl (C=O) groups is 2. The van der Waals surface area contributed by atoms with Gasteiger partial charge < -0.3 is 30.0 Å². The van der Waals surface area contributed by atoms with Crippen LogP contribution >= 0.6 is 12.4 Å². The van der Waals surface area contributed by atoms with Crippen molar-refractivity contribution < 1.29 is 47.0 Å². The normalized spacial score (nSPS) is 15.7. The SMILES string of the molecule is COC(=O)C1=C(C(F)(F)F)NC(C)=C(C(=O)OCCNCC(O)COc2ccccc2)C1c1cccc([N+](=O)[O-])c1.Cl. The smallest absolute Gasteiger partial charge is 0.431 e. The number of alkyl halides is 3. The van der Waals surface area contributed by atoms with Gasteiger partial charge in [-0.25, -0.2) is 9.59 Å². The van der Waals surface area contributed by atoms with Crippen molar-refractivity contribution in [2.45, 2.75) is 25.1 Å². The fourth-order valence-electron chi connectivity index (χ4n) is 4.13. The highest BCUT2D eigenvalue weighted by molar-refractivity contribution is 6.00. The molecule has 11 nitrogen and oxygen atoms in total. The number of allylic oxidation sites excluding steroid dienone is 2. The largest absolute Gasteiger partial charge is 0.491 e. The minimum absolute atomic E-state index is 0. The highest BCUT2D eigenvalue weighted by atomic mass is 35.5. The summed E-state index contributed by atoms with van der Waals surface area (Å²) >= 11 is 0. The second kappa shape index (κ2) is 15.2. The van der Waals surface area contributed by atoms with Crippen molar-refractivity contribution >= 4 is 30.0 Å². The molecule has 0 aromatic heterocycles. The van der Waals surface area contributed by atoms with Gasteiger partial charge in [-0.2, -0.15) is 13.2 Å². The van der Waals surface area contributed by atoms with Crippen LogP contribution in [0.25, 0.3) is 0 Å². The van der Waals surface area contributed by atoms with E-state index in [1.807, 2.05) is 6.07 Å². The average Bonchev–Trinajstić information content (AvgIpc) is 2.94. The third-order valence-corrected chi connectivity index (χ3v) is 5.96. The summed E-state index contributed by atoms with van der Waals surface area (Å²) in [5.41, 5.74) is -3.58. The van der Waals surface area contributed by atoms with Gasteiger partial charge in [-0.05, 0) is 24.6 Å². The maximum Gasteiger partial charge on any atom is 0.431 e. The fourth-order valence-corrected chi connectivity index (χ4v) is 4.13. The van der Waals surface area contributed by atoms with Crippen LogP contribution in [0, 0.1) is 10.1 Å². The maximum absolute atomic E-state index is 14.0. The molecule has 0 bridgehead atoms. The molecule has 0 saturated carbocycles. The molecule has 2 unspecified atom stereocenters. The molecular formula is C27H29ClF3N3O8. The number of aliphatic hydroxyl groups is 1. The molecule has 0 amide bonds. The van der Waals surface area contributed by atoms with E-state index in [0.29, 0.717) is 5.75 Å². The first-order valence-electron chi connectivity index (χ1n) is 12.3. The Morgan fingerprint density at radius 1 is 1.12 bits per heavy atom. The van der Waals surface area contributed by atoms with Crippen molar-refractivity contribution in [2.24, 2.45) is 0 Å². The molecule has 0 fully saturated rings. The van der Waals surface area contributed by atoms with E-state index < -0.39 is 52.0 Å². The second-order valence-corrected chi connectivity index (χ2v) is 8.84. The molecule has 3 N–H and O–H groups in total. The third kappa shape index (κ3) is 8.68. The summed E-state index contributed by atoms with van der Waals surface area (Å²) in [5.74, 6) is -3.54. The summed E-state index contributed by atoms with van der Waals surface area (Å²) in [6, 6.07) is 13.4. The number of benzene rings is 2. The zero-order valence-electron chi connectivity index (χ0n) is 22.5. The van der Waals surface area contributed by atoms with Crippen molar-refractivity contribution in [3.63, 3.8) is 0 Å². The van der Waals surface area contributed by atoms with Gasteiger partial charge in [0.1, 0.15) is 30.8 Å². The summed E-state index contributed by atoms with van der Waals surface area (Å²) in [4.78, 5) is 36.4. The zero-order chi connectivity index (χ0) is 30.2. The molecule has 3 rings (SSSR count). The van der Waals surface area contributed by atoms with Gasteiger partial charge in [-0.1, -0.05) is 30.3 Å². The Labute approximate surface area is 244 Å². The number of methoxy groups -OCH3 is 1. The Bertz CT molecular complexity index is 1340. The van der Waals surface area contributed by atoms with Crippen LogP contribution in [0.1, 0.15) is 18.4 Å². The number of esters is 2. The first-order valence-corrected chi connectivity index (χ1v) is 12.3. The van der Waals surface area contributed by atoms with Crippen LogP contribution in [0.3, 0.4) is 0 Å². The minimum atomic E-state index is -5.05. The standard InChI is InChI=1S/C27H28F3N3O8.ClH/c1-16-21(26(36)40-12-11-31-14-19(34)15-41-20-9-4-3-5-10-20)22(17-7-6-8-18(13-17)33(37)38)23(25(35)39-2)24(32-16)27(28,29)30;/h3-10,13,19,22,31-32,34H,11-12,14-15H2,1-2H3;1H. The second-order valence-electron chi connectivity index (χ2n) is 8.84. The fraction of sp³-hybridized carbons (Fsp3) is 0.333. The van der Waals surface area contributed by atoms with Gasteiger partial charge in [0.2, 0.25) is 0 Å². The maximum atomic E-state index is 14.0. The lowest BCUT2D eigenvalue weighted by Crippen LogP contribution is -2.39. The Balaban J connectivity index is 0.00000616. The van der Waals surface area contributed by atoms with Gasteiger partial charge in [-0.15, -0.1) is 12.4 Å². The van der Waals surface area contributed by atoms with Crippen LogP contribution < -0.4 is 15.4 Å². The van der Waals surface area contributed by atoms with Gasteiger partial charge >= 0.3 is 18.1 Å². The number of halogens is 4. The van der Waals surface area contributed by atoms with Gasteiger partial charge in [-0.3, -0.25) is 10.1 Å². The van der Waals surface area contributed by atoms with E-state index >= 15 is 0 Å². The zero-order valence-corrected chi connectivity index (χ0v) is 23.3. The van der Waals surface area contributed by atoms with E-state index in [-0.39, 0.29) is 55.5 Å². The average molecular weight is 616 g/mol. The molecule has 1 aliphatic rings. The number of non-ortho nitro benzene ring substituents is 1. The lowest BCUT2D eigenvalue weighted by atomic mass is 9.80. The number of nitro groups is 1. The van der Waals surface area contributed by atoms with Crippen molar-refractivity contribution in [3.05, 3.63) is 92.8 Å². The molecule has 0 spiro atoms. The molecular weight excluding hydrogens is 587 g/mol. The topological polar surface area (TPSA) is 149 Å². The summed E-state index contributed by atoms with van der Waals surface area (Å²) in [6.45, 7) is 1.12. The summed E-state index contributed by atoms with van der Waals surface area (Å²) in [5, 5.41) is 26.4. The van der Waals surface area contributed by atoms with Crippen LogP contribution in [0.2, 0.25) is 0 Å². The van der Waals surface area contributed by atoms with Crippen LogP contribution in [0.4, 0.5) is 18.9 Å². The summed E-state index contributed by atoms with van der Waals surface area (Å²) in [6.07, 6.45) is -5.93. The van der Waals surface area contributed by atoms with Crippen LogP contribution in [-0.4, -0.2) is 67.7 Å². The molecule has 15 heteroatoms. The monoisotopic (exact) mass is 615 g/mol. The number of nitrogens with one attached hydrogen (secondary N) is 2. The summed E-state index contributed by atoms with van der Waals surface area (Å²) in [7, 11) is 0.877. The summed E-state index contributed by atoms with van der Waals surface area (Å²) < 4.78 is 57.3. The van der Waals surface area contributed by atoms with Crippen molar-refractivity contribution in [1.82, 2.24) is 10.6 Å². The van der Waals surface area contributed by atoms with Gasteiger partial charge in [0.25, 0.3) is 5.69 Å². The molecule has 1 aliphatic heterocycles. The molecule has 2 aromatic rings. The number of carbonyl (C=O) groups excluding carboxylic acids is 2. The van der Waals surface area contributed by atoms with E-state index in [9.17, 15) is 38.0 Å². The number of hydrogen-bond acceptors (Lipinski definition) is 10. The van der Waals surface area contributed by atoms with Gasteiger partial charge in [0.15, 0.2) is 0 Å². The Kier molecular flexibility index (Phi) is 12.3. The Hall–Kier alpha value is -4.14. The first-order chi connectivity index (χ1) is 19.4. The van der Waals surface area contributed by atoms with E-state index in [4.69, 9.17) is 9.47 Å². The Morgan fingerprint density at radius 2 is 1.81 bits per heavy atom. The molecule has 1 heterocycles. The molecule has 0 aliphatic carbocycles. The van der Waals surface area contributed by atoms with Gasteiger partial charge in [0.05, 0.1) is 29.1 Å². The van der Waals surface area contributed by atoms with Crippen LogP contribution in [0.15, 0.2) is 77.1 Å². The molecule has 2 atom stereocenters. The highest BCUT2D eigenvalue weighted by Crippen LogP contribution is 2.43. The van der Waals surface area contributed by atoms with Crippen molar-refractivity contribution in [3.8, 4) is 5.75 Å². The van der Waals surface area contributed by atoms with Gasteiger partial charge in [0, 0.05) is 30.9 Å². The molecule has 0 saturated heterocycles. The van der Waals surface area contributed by atoms with Crippen LogP contribution in [-0.2, 0) is 19.1 Å². The number of ether oxygens (including phenoxy) is 3. The van der Waals surface area contributed by atoms with E-state index in [2.05, 4.69) is 15.4 Å². The number of hydrogen-bond donors (Lipinski definition) is 3. The predicted octanol–water partition coefficient (Wildman–Crippen LogP) is 3.54. The lowest BCUT2D eigenvalue weighted by Gasteiger charge is -2.31. The first kappa shape index (κ1) is 34.1. The van der Waals surface area contributed by atoms with E-state index in [0.717, 1.165) is 19.2 Å². The van der Waals surface area contributed by atoms with Crippen molar-refractivity contribution in [2.75, 3.05) is 33.4 Å². The molecule has 2 aromatic carbocycles. The Morgan fingerprint density at radius 3 is 2.43 bits per heavy atom.